The van der Waals surface area contributed by atoms with Gasteiger partial charge in [0.15, 0.2) is 0 Å². The summed E-state index contributed by atoms with van der Waals surface area (Å²) in [7, 11) is 2.49. The molecule has 0 N–H and O–H groups in total. The molecule has 2 heterocycles. The summed E-state index contributed by atoms with van der Waals surface area (Å²) in [6.45, 7) is 2.69. The van der Waals surface area contributed by atoms with E-state index in [-0.39, 0.29) is 0 Å². The van der Waals surface area contributed by atoms with Crippen molar-refractivity contribution in [3.63, 3.8) is 0 Å². The van der Waals surface area contributed by atoms with Crippen LogP contribution in [-0.2, 0) is 0 Å². The molecule has 1 heteroatoms. The van der Waals surface area contributed by atoms with Crippen molar-refractivity contribution in [1.29, 1.82) is 0 Å². The highest BCUT2D eigenvalue weighted by Crippen LogP contribution is 2.39. The SMILES string of the molecule is C[N@+]12CCCC[C@@H]1CC(=C(c1ccccc1)c1ccccc1)CC2. The Morgan fingerprint density at radius 2 is 1.46 bits per heavy atom. The van der Waals surface area contributed by atoms with E-state index in [0.717, 1.165) is 6.04 Å². The van der Waals surface area contributed by atoms with E-state index in [4.69, 9.17) is 0 Å². The largest absolute Gasteiger partial charge is 0.323 e. The standard InChI is InChI=1S/C23H28N/c1-24-16-9-8-14-22(24)18-21(15-17-24)23(19-10-4-2-5-11-19)20-12-6-3-7-13-20/h2-7,10-13,22H,8-9,14-18H2,1H3/q+1/t22-,24-/m1/s1. The number of hydrogen-bond donors (Lipinski definition) is 0. The lowest BCUT2D eigenvalue weighted by atomic mass is 9.82. The average molecular weight is 318 g/mol. The van der Waals surface area contributed by atoms with Crippen molar-refractivity contribution in [2.75, 3.05) is 20.1 Å². The van der Waals surface area contributed by atoms with Crippen LogP contribution in [0.2, 0.25) is 0 Å². The molecule has 2 atom stereocenters. The average Bonchev–Trinajstić information content (AvgIpc) is 2.64. The highest BCUT2D eigenvalue weighted by molar-refractivity contribution is 5.82. The fourth-order valence-corrected chi connectivity index (χ4v) is 4.75. The molecule has 24 heavy (non-hydrogen) atoms. The van der Waals surface area contributed by atoms with Crippen LogP contribution in [0.3, 0.4) is 0 Å². The van der Waals surface area contributed by atoms with Gasteiger partial charge in [0.05, 0.1) is 26.2 Å². The number of benzene rings is 2. The van der Waals surface area contributed by atoms with Crippen molar-refractivity contribution < 1.29 is 4.48 Å². The smallest absolute Gasteiger partial charge is 0.0926 e. The zero-order valence-electron chi connectivity index (χ0n) is 14.7. The molecule has 2 fully saturated rings. The van der Waals surface area contributed by atoms with Gasteiger partial charge >= 0.3 is 0 Å². The van der Waals surface area contributed by atoms with Crippen molar-refractivity contribution in [3.8, 4) is 0 Å². The number of piperidine rings is 2. The second kappa shape index (κ2) is 6.57. The minimum atomic E-state index is 0.824. The zero-order chi connectivity index (χ0) is 16.4. The normalized spacial score (nSPS) is 26.7. The van der Waals surface area contributed by atoms with Gasteiger partial charge in [-0.1, -0.05) is 66.2 Å². The van der Waals surface area contributed by atoms with E-state index < -0.39 is 0 Å². The number of quaternary nitrogens is 1. The number of hydrogen-bond acceptors (Lipinski definition) is 0. The zero-order valence-corrected chi connectivity index (χ0v) is 14.7. The first-order valence-corrected chi connectivity index (χ1v) is 9.43. The molecular weight excluding hydrogens is 290 g/mol. The molecule has 0 aromatic heterocycles. The number of rotatable bonds is 2. The predicted octanol–water partition coefficient (Wildman–Crippen LogP) is 5.28. The van der Waals surface area contributed by atoms with Crippen LogP contribution in [0.5, 0.6) is 0 Å². The summed E-state index contributed by atoms with van der Waals surface area (Å²) in [4.78, 5) is 0. The predicted molar refractivity (Wildman–Crippen MR) is 102 cm³/mol. The van der Waals surface area contributed by atoms with Crippen LogP contribution in [-0.4, -0.2) is 30.7 Å². The summed E-state index contributed by atoms with van der Waals surface area (Å²) < 4.78 is 1.31. The highest BCUT2D eigenvalue weighted by Gasteiger charge is 2.39. The van der Waals surface area contributed by atoms with Crippen molar-refractivity contribution in [3.05, 3.63) is 77.4 Å². The van der Waals surface area contributed by atoms with Crippen LogP contribution < -0.4 is 0 Å². The molecule has 0 saturated carbocycles. The molecule has 124 valence electrons. The van der Waals surface area contributed by atoms with Crippen LogP contribution in [0.1, 0.15) is 43.2 Å². The summed E-state index contributed by atoms with van der Waals surface area (Å²) in [6.07, 6.45) is 6.74. The van der Waals surface area contributed by atoms with Crippen LogP contribution in [0.15, 0.2) is 66.2 Å². The Morgan fingerprint density at radius 1 is 0.833 bits per heavy atom. The quantitative estimate of drug-likeness (QED) is 0.661. The van der Waals surface area contributed by atoms with Gasteiger partial charge in [0, 0.05) is 12.8 Å². The van der Waals surface area contributed by atoms with Crippen molar-refractivity contribution in [2.45, 2.75) is 38.1 Å². The topological polar surface area (TPSA) is 0 Å². The van der Waals surface area contributed by atoms with E-state index in [1.165, 1.54) is 66.4 Å². The van der Waals surface area contributed by atoms with Crippen molar-refractivity contribution in [2.24, 2.45) is 0 Å². The lowest BCUT2D eigenvalue weighted by molar-refractivity contribution is -0.941. The molecule has 2 aliphatic heterocycles. The molecular formula is C23H28N+. The van der Waals surface area contributed by atoms with Gasteiger partial charge in [0.25, 0.3) is 0 Å². The maximum atomic E-state index is 2.49. The summed E-state index contributed by atoms with van der Waals surface area (Å²) in [5, 5.41) is 0. The molecule has 0 spiro atoms. The number of fused-ring (bicyclic) bond motifs is 1. The molecule has 0 bridgehead atoms. The first-order valence-electron chi connectivity index (χ1n) is 9.43. The lowest BCUT2D eigenvalue weighted by Crippen LogP contribution is -2.57. The second-order valence-corrected chi connectivity index (χ2v) is 7.74. The van der Waals surface area contributed by atoms with Crippen LogP contribution in [0.4, 0.5) is 0 Å². The Hall–Kier alpha value is -1.86. The maximum absolute atomic E-state index is 2.49. The van der Waals surface area contributed by atoms with Gasteiger partial charge in [0.1, 0.15) is 0 Å². The van der Waals surface area contributed by atoms with E-state index in [1.54, 1.807) is 5.57 Å². The van der Waals surface area contributed by atoms with E-state index in [0.29, 0.717) is 0 Å². The van der Waals surface area contributed by atoms with Gasteiger partial charge in [0.2, 0.25) is 0 Å². The lowest BCUT2D eigenvalue weighted by Gasteiger charge is -2.48. The van der Waals surface area contributed by atoms with E-state index in [1.807, 2.05) is 0 Å². The monoisotopic (exact) mass is 318 g/mol. The van der Waals surface area contributed by atoms with Gasteiger partial charge in [-0.15, -0.1) is 0 Å². The van der Waals surface area contributed by atoms with Crippen LogP contribution in [0, 0.1) is 0 Å². The molecule has 2 aromatic carbocycles. The van der Waals surface area contributed by atoms with Gasteiger partial charge in [-0.25, -0.2) is 0 Å². The minimum absolute atomic E-state index is 0.824. The summed E-state index contributed by atoms with van der Waals surface area (Å²) >= 11 is 0. The summed E-state index contributed by atoms with van der Waals surface area (Å²) in [5.74, 6) is 0. The van der Waals surface area contributed by atoms with Gasteiger partial charge < -0.3 is 4.48 Å². The third-order valence-electron chi connectivity index (χ3n) is 6.22. The van der Waals surface area contributed by atoms with Gasteiger partial charge in [-0.2, -0.15) is 0 Å². The molecule has 2 aromatic rings. The van der Waals surface area contributed by atoms with E-state index >= 15 is 0 Å². The van der Waals surface area contributed by atoms with Gasteiger partial charge in [-0.3, -0.25) is 0 Å². The minimum Gasteiger partial charge on any atom is -0.323 e. The summed E-state index contributed by atoms with van der Waals surface area (Å²) in [6, 6.07) is 22.8. The molecule has 0 aliphatic carbocycles. The van der Waals surface area contributed by atoms with Crippen molar-refractivity contribution >= 4 is 5.57 Å². The molecule has 2 saturated heterocycles. The van der Waals surface area contributed by atoms with Crippen LogP contribution in [0.25, 0.3) is 5.57 Å². The molecule has 0 radical (unpaired) electrons. The Morgan fingerprint density at radius 3 is 2.08 bits per heavy atom. The highest BCUT2D eigenvalue weighted by atomic mass is 15.4. The third kappa shape index (κ3) is 2.93. The summed E-state index contributed by atoms with van der Waals surface area (Å²) in [5.41, 5.74) is 5.93. The number of nitrogens with zero attached hydrogens (tertiary/aromatic N) is 1. The van der Waals surface area contributed by atoms with E-state index in [2.05, 4.69) is 67.7 Å². The van der Waals surface area contributed by atoms with Crippen molar-refractivity contribution in [1.82, 2.24) is 0 Å². The molecule has 0 unspecified atom stereocenters. The molecule has 1 nitrogen and oxygen atoms in total. The molecule has 2 aliphatic rings. The molecule has 0 amide bonds. The maximum Gasteiger partial charge on any atom is 0.0926 e. The van der Waals surface area contributed by atoms with E-state index in [9.17, 15) is 0 Å². The molecule has 4 rings (SSSR count). The Kier molecular flexibility index (Phi) is 4.28. The first kappa shape index (κ1) is 15.7. The first-order chi connectivity index (χ1) is 11.8. The fourth-order valence-electron chi connectivity index (χ4n) is 4.75. The third-order valence-corrected chi connectivity index (χ3v) is 6.22. The Labute approximate surface area is 146 Å². The van der Waals surface area contributed by atoms with Crippen LogP contribution >= 0.6 is 0 Å². The van der Waals surface area contributed by atoms with Gasteiger partial charge in [-0.05, 0) is 36.0 Å². The second-order valence-electron chi connectivity index (χ2n) is 7.74. The Balaban J connectivity index is 1.77. The Bertz CT molecular complexity index is 675. The fraction of sp³-hybridized carbons (Fsp3) is 0.391.